The predicted octanol–water partition coefficient (Wildman–Crippen LogP) is 3.07. The molecule has 1 aliphatic carbocycles. The molecule has 0 radical (unpaired) electrons. The van der Waals surface area contributed by atoms with Crippen molar-refractivity contribution in [2.24, 2.45) is 5.73 Å². The summed E-state index contributed by atoms with van der Waals surface area (Å²) in [5, 5.41) is 3.47. The highest BCUT2D eigenvalue weighted by molar-refractivity contribution is 7.09. The minimum atomic E-state index is 0.145. The SMILES string of the molecule is CC(C)(C)c1nc(C2C(N)CCCN2C2CC2)cs1. The van der Waals surface area contributed by atoms with Gasteiger partial charge in [-0.3, -0.25) is 4.90 Å². The van der Waals surface area contributed by atoms with Crippen LogP contribution in [0.4, 0.5) is 0 Å². The van der Waals surface area contributed by atoms with Crippen molar-refractivity contribution >= 4 is 11.3 Å². The van der Waals surface area contributed by atoms with Gasteiger partial charge in [0.2, 0.25) is 0 Å². The third-order valence-electron chi connectivity index (χ3n) is 4.20. The van der Waals surface area contributed by atoms with Gasteiger partial charge in [-0.2, -0.15) is 0 Å². The first kappa shape index (κ1) is 13.5. The summed E-state index contributed by atoms with van der Waals surface area (Å²) < 4.78 is 0. The van der Waals surface area contributed by atoms with Crippen molar-refractivity contribution in [1.29, 1.82) is 0 Å². The Labute approximate surface area is 120 Å². The topological polar surface area (TPSA) is 42.1 Å². The monoisotopic (exact) mass is 279 g/mol. The van der Waals surface area contributed by atoms with Crippen molar-refractivity contribution < 1.29 is 0 Å². The van der Waals surface area contributed by atoms with E-state index in [0.29, 0.717) is 6.04 Å². The number of piperidine rings is 1. The lowest BCUT2D eigenvalue weighted by molar-refractivity contribution is 0.117. The number of hydrogen-bond donors (Lipinski definition) is 1. The Balaban J connectivity index is 1.87. The van der Waals surface area contributed by atoms with Crippen LogP contribution in [0.5, 0.6) is 0 Å². The molecule has 2 aliphatic rings. The maximum atomic E-state index is 6.41. The fourth-order valence-electron chi connectivity index (χ4n) is 3.02. The zero-order chi connectivity index (χ0) is 13.6. The fraction of sp³-hybridized carbons (Fsp3) is 0.800. The van der Waals surface area contributed by atoms with Crippen LogP contribution < -0.4 is 5.73 Å². The highest BCUT2D eigenvalue weighted by Crippen LogP contribution is 2.40. The van der Waals surface area contributed by atoms with Crippen LogP contribution in [0.25, 0.3) is 0 Å². The molecule has 3 rings (SSSR count). The molecule has 1 saturated heterocycles. The molecule has 2 fully saturated rings. The van der Waals surface area contributed by atoms with Crippen LogP contribution in [0.2, 0.25) is 0 Å². The molecule has 2 unspecified atom stereocenters. The quantitative estimate of drug-likeness (QED) is 0.904. The lowest BCUT2D eigenvalue weighted by Gasteiger charge is -2.39. The Morgan fingerprint density at radius 1 is 1.32 bits per heavy atom. The number of rotatable bonds is 2. The molecule has 106 valence electrons. The molecule has 0 amide bonds. The van der Waals surface area contributed by atoms with Crippen molar-refractivity contribution in [3.63, 3.8) is 0 Å². The first-order valence-corrected chi connectivity index (χ1v) is 8.32. The summed E-state index contributed by atoms with van der Waals surface area (Å²) >= 11 is 1.79. The Kier molecular flexibility index (Phi) is 3.44. The van der Waals surface area contributed by atoms with Crippen LogP contribution in [-0.2, 0) is 5.41 Å². The Morgan fingerprint density at radius 3 is 2.63 bits per heavy atom. The number of aromatic nitrogens is 1. The Morgan fingerprint density at radius 2 is 2.05 bits per heavy atom. The molecular formula is C15H25N3S. The van der Waals surface area contributed by atoms with Crippen LogP contribution in [0.3, 0.4) is 0 Å². The molecule has 4 heteroatoms. The maximum absolute atomic E-state index is 6.41. The van der Waals surface area contributed by atoms with E-state index in [2.05, 4.69) is 31.1 Å². The van der Waals surface area contributed by atoms with E-state index >= 15 is 0 Å². The summed E-state index contributed by atoms with van der Waals surface area (Å²) in [4.78, 5) is 7.53. The molecule has 2 N–H and O–H groups in total. The van der Waals surface area contributed by atoms with Gasteiger partial charge in [-0.25, -0.2) is 4.98 Å². The van der Waals surface area contributed by atoms with Gasteiger partial charge in [0.05, 0.1) is 16.7 Å². The van der Waals surface area contributed by atoms with Crippen LogP contribution in [0.15, 0.2) is 5.38 Å². The average molecular weight is 279 g/mol. The molecule has 1 aromatic rings. The minimum Gasteiger partial charge on any atom is -0.326 e. The van der Waals surface area contributed by atoms with Gasteiger partial charge in [-0.15, -0.1) is 11.3 Å². The van der Waals surface area contributed by atoms with E-state index in [1.54, 1.807) is 11.3 Å². The molecule has 0 bridgehead atoms. The van der Waals surface area contributed by atoms with Crippen LogP contribution in [0.1, 0.15) is 63.2 Å². The van der Waals surface area contributed by atoms with Crippen molar-refractivity contribution in [2.45, 2.75) is 70.0 Å². The molecule has 3 nitrogen and oxygen atoms in total. The van der Waals surface area contributed by atoms with E-state index in [-0.39, 0.29) is 11.5 Å². The van der Waals surface area contributed by atoms with E-state index in [9.17, 15) is 0 Å². The molecule has 2 heterocycles. The molecule has 1 aliphatic heterocycles. The first-order chi connectivity index (χ1) is 8.97. The molecular weight excluding hydrogens is 254 g/mol. The highest BCUT2D eigenvalue weighted by atomic mass is 32.1. The van der Waals surface area contributed by atoms with E-state index in [4.69, 9.17) is 10.7 Å². The van der Waals surface area contributed by atoms with Gasteiger partial charge in [0.1, 0.15) is 0 Å². The molecule has 0 spiro atoms. The van der Waals surface area contributed by atoms with Gasteiger partial charge in [0.15, 0.2) is 0 Å². The van der Waals surface area contributed by atoms with E-state index in [1.165, 1.54) is 36.5 Å². The first-order valence-electron chi connectivity index (χ1n) is 7.44. The molecule has 2 atom stereocenters. The van der Waals surface area contributed by atoms with Crippen molar-refractivity contribution in [1.82, 2.24) is 9.88 Å². The number of hydrogen-bond acceptors (Lipinski definition) is 4. The van der Waals surface area contributed by atoms with Gasteiger partial charge < -0.3 is 5.73 Å². The van der Waals surface area contributed by atoms with Crippen molar-refractivity contribution in [2.75, 3.05) is 6.54 Å². The zero-order valence-electron chi connectivity index (χ0n) is 12.2. The zero-order valence-corrected chi connectivity index (χ0v) is 13.0. The second-order valence-electron chi connectivity index (χ2n) is 7.05. The summed E-state index contributed by atoms with van der Waals surface area (Å²) in [6.45, 7) is 7.89. The Hall–Kier alpha value is -0.450. The average Bonchev–Trinajstić information content (AvgIpc) is 3.05. The second-order valence-corrected chi connectivity index (χ2v) is 7.91. The van der Waals surface area contributed by atoms with Crippen molar-refractivity contribution in [3.8, 4) is 0 Å². The van der Waals surface area contributed by atoms with E-state index in [0.717, 1.165) is 12.5 Å². The second kappa shape index (κ2) is 4.83. The summed E-state index contributed by atoms with van der Waals surface area (Å²) in [5.41, 5.74) is 7.77. The van der Waals surface area contributed by atoms with Crippen LogP contribution >= 0.6 is 11.3 Å². The van der Waals surface area contributed by atoms with Gasteiger partial charge in [-0.05, 0) is 32.2 Å². The molecule has 0 aromatic carbocycles. The smallest absolute Gasteiger partial charge is 0.0982 e. The number of nitrogens with two attached hydrogens (primary N) is 1. The van der Waals surface area contributed by atoms with Gasteiger partial charge in [0, 0.05) is 22.9 Å². The maximum Gasteiger partial charge on any atom is 0.0982 e. The van der Waals surface area contributed by atoms with E-state index < -0.39 is 0 Å². The summed E-state index contributed by atoms with van der Waals surface area (Å²) in [7, 11) is 0. The lowest BCUT2D eigenvalue weighted by atomic mass is 9.94. The fourth-order valence-corrected chi connectivity index (χ4v) is 3.96. The third kappa shape index (κ3) is 2.71. The predicted molar refractivity (Wildman–Crippen MR) is 80.5 cm³/mol. The minimum absolute atomic E-state index is 0.145. The summed E-state index contributed by atoms with van der Waals surface area (Å²) in [6, 6.07) is 1.38. The molecule has 1 saturated carbocycles. The summed E-state index contributed by atoms with van der Waals surface area (Å²) in [5.74, 6) is 0. The van der Waals surface area contributed by atoms with Gasteiger partial charge >= 0.3 is 0 Å². The normalized spacial score (nSPS) is 29.7. The van der Waals surface area contributed by atoms with Crippen molar-refractivity contribution in [3.05, 3.63) is 16.1 Å². The highest BCUT2D eigenvalue weighted by Gasteiger charge is 2.40. The van der Waals surface area contributed by atoms with Gasteiger partial charge in [0.25, 0.3) is 0 Å². The Bertz CT molecular complexity index is 444. The molecule has 19 heavy (non-hydrogen) atoms. The number of likely N-dealkylation sites (tertiary alicyclic amines) is 1. The van der Waals surface area contributed by atoms with E-state index in [1.807, 2.05) is 0 Å². The largest absolute Gasteiger partial charge is 0.326 e. The lowest BCUT2D eigenvalue weighted by Crippen LogP contribution is -2.47. The number of nitrogens with zero attached hydrogens (tertiary/aromatic N) is 2. The third-order valence-corrected chi connectivity index (χ3v) is 5.49. The summed E-state index contributed by atoms with van der Waals surface area (Å²) in [6.07, 6.45) is 5.07. The van der Waals surface area contributed by atoms with Gasteiger partial charge in [-0.1, -0.05) is 20.8 Å². The van der Waals surface area contributed by atoms with Crippen LogP contribution in [-0.4, -0.2) is 28.5 Å². The molecule has 1 aromatic heterocycles. The van der Waals surface area contributed by atoms with Crippen LogP contribution in [0, 0.1) is 0 Å². The standard InChI is InChI=1S/C15H25N3S/c1-15(2,3)14-17-12(9-19-14)13-11(16)5-4-8-18(13)10-6-7-10/h9-11,13H,4-8,16H2,1-3H3. The number of thiazole rings is 1.